The summed E-state index contributed by atoms with van der Waals surface area (Å²) in [5.74, 6) is 1.09. The first-order chi connectivity index (χ1) is 13.9. The van der Waals surface area contributed by atoms with Crippen LogP contribution in [0.1, 0.15) is 12.8 Å². The minimum atomic E-state index is -2.54. The van der Waals surface area contributed by atoms with Crippen molar-refractivity contribution in [2.75, 3.05) is 28.3 Å². The van der Waals surface area contributed by atoms with Crippen molar-refractivity contribution in [1.29, 1.82) is 0 Å². The van der Waals surface area contributed by atoms with Gasteiger partial charge in [0.2, 0.25) is 0 Å². The Morgan fingerprint density at radius 3 is 2.66 bits per heavy atom. The molecule has 1 aliphatic heterocycles. The van der Waals surface area contributed by atoms with Crippen LogP contribution in [-0.4, -0.2) is 62.7 Å². The molecule has 1 fully saturated rings. The number of likely N-dealkylation sites (N-methyl/N-ethyl adjacent to an activating group) is 1. The molecule has 0 aromatic carbocycles. The van der Waals surface area contributed by atoms with Crippen LogP contribution < -0.4 is 16.4 Å². The van der Waals surface area contributed by atoms with Gasteiger partial charge in [-0.1, -0.05) is 6.58 Å². The van der Waals surface area contributed by atoms with Crippen LogP contribution in [0, 0.1) is 5.92 Å². The minimum absolute atomic E-state index is 0.257. The summed E-state index contributed by atoms with van der Waals surface area (Å²) in [7, 11) is 6.64. The summed E-state index contributed by atoms with van der Waals surface area (Å²) in [6.45, 7) is 3.87. The van der Waals surface area contributed by atoms with E-state index in [0.717, 1.165) is 0 Å². The highest BCUT2D eigenvalue weighted by Crippen LogP contribution is 2.38. The lowest BCUT2D eigenvalue weighted by Gasteiger charge is -2.31. The number of rotatable bonds is 11. The molecule has 9 heteroatoms. The fraction of sp³-hybridized carbons (Fsp3) is 0.550. The number of hydrogen-bond donors (Lipinski definition) is 3. The molecule has 162 valence electrons. The first-order valence-electron chi connectivity index (χ1n) is 9.48. The standard InChI is InChI=1S/C20H31F2N5OS/c1-6-15(26-20(23)29-19(25-3)12-7-8-12)14(10-24-2)13-9-16(18(21)22)27(4)11-17(13)28-5/h6,9-12,16,18-20,25-26H,1,7-8,23H2,2-5H3/b15-14-,24-10?. The van der Waals surface area contributed by atoms with E-state index >= 15 is 0 Å². The predicted molar refractivity (Wildman–Crippen MR) is 117 cm³/mol. The monoisotopic (exact) mass is 427 g/mol. The van der Waals surface area contributed by atoms with Crippen molar-refractivity contribution in [2.45, 2.75) is 36.2 Å². The average Bonchev–Trinajstić information content (AvgIpc) is 3.53. The number of ether oxygens (including phenoxy) is 1. The SMILES string of the molecule is C=C/C(NC(N)SC(NC)C1CC1)=C(\C=NC)C1=CC(C(F)F)N(C)C=C1OC. The molecule has 1 heterocycles. The van der Waals surface area contributed by atoms with Crippen LogP contribution in [0.5, 0.6) is 0 Å². The molecule has 0 radical (unpaired) electrons. The van der Waals surface area contributed by atoms with Gasteiger partial charge in [-0.3, -0.25) is 4.99 Å². The number of thioether (sulfide) groups is 1. The molecule has 0 aromatic heterocycles. The number of methoxy groups -OCH3 is 1. The van der Waals surface area contributed by atoms with E-state index in [1.807, 2.05) is 7.05 Å². The Bertz CT molecular complexity index is 703. The van der Waals surface area contributed by atoms with E-state index in [0.29, 0.717) is 28.5 Å². The maximum atomic E-state index is 13.5. The summed E-state index contributed by atoms with van der Waals surface area (Å²) in [5, 5.41) is 6.79. The van der Waals surface area contributed by atoms with Gasteiger partial charge in [-0.15, -0.1) is 11.8 Å². The van der Waals surface area contributed by atoms with Crippen molar-refractivity contribution in [3.8, 4) is 0 Å². The molecule has 6 nitrogen and oxygen atoms in total. The summed E-state index contributed by atoms with van der Waals surface area (Å²) < 4.78 is 32.5. The third-order valence-electron chi connectivity index (χ3n) is 4.84. The Kier molecular flexibility index (Phi) is 8.73. The van der Waals surface area contributed by atoms with Crippen LogP contribution in [0.15, 0.2) is 52.5 Å². The number of nitrogens with two attached hydrogens (primary N) is 1. The Hall–Kier alpha value is -1.84. The summed E-state index contributed by atoms with van der Waals surface area (Å²) in [5.41, 5.74) is 7.63. The predicted octanol–water partition coefficient (Wildman–Crippen LogP) is 2.64. The molecule has 2 rings (SSSR count). The molecular weight excluding hydrogens is 396 g/mol. The Morgan fingerprint density at radius 2 is 2.17 bits per heavy atom. The Balaban J connectivity index is 2.35. The molecule has 4 N–H and O–H groups in total. The molecule has 0 saturated heterocycles. The van der Waals surface area contributed by atoms with Crippen LogP contribution >= 0.6 is 11.8 Å². The summed E-state index contributed by atoms with van der Waals surface area (Å²) >= 11 is 1.59. The van der Waals surface area contributed by atoms with Crippen LogP contribution in [0.4, 0.5) is 8.78 Å². The molecule has 3 atom stereocenters. The van der Waals surface area contributed by atoms with E-state index in [1.165, 1.54) is 30.9 Å². The van der Waals surface area contributed by atoms with Crippen molar-refractivity contribution in [1.82, 2.24) is 15.5 Å². The zero-order valence-electron chi connectivity index (χ0n) is 17.4. The highest BCUT2D eigenvalue weighted by atomic mass is 32.2. The van der Waals surface area contributed by atoms with Crippen molar-refractivity contribution in [3.05, 3.63) is 47.5 Å². The third-order valence-corrected chi connectivity index (χ3v) is 6.17. The molecule has 1 aliphatic carbocycles. The zero-order valence-corrected chi connectivity index (χ0v) is 18.2. The van der Waals surface area contributed by atoms with Crippen LogP contribution in [0.2, 0.25) is 0 Å². The molecule has 29 heavy (non-hydrogen) atoms. The van der Waals surface area contributed by atoms with Gasteiger partial charge in [0.1, 0.15) is 17.3 Å². The van der Waals surface area contributed by atoms with Gasteiger partial charge in [0.05, 0.1) is 12.5 Å². The molecule has 0 aromatic rings. The van der Waals surface area contributed by atoms with Crippen molar-refractivity contribution < 1.29 is 13.5 Å². The maximum absolute atomic E-state index is 13.5. The second-order valence-corrected chi connectivity index (χ2v) is 8.22. The lowest BCUT2D eigenvalue weighted by Crippen LogP contribution is -2.39. The number of allylic oxidation sites excluding steroid dienone is 2. The summed E-state index contributed by atoms with van der Waals surface area (Å²) in [4.78, 5) is 5.54. The average molecular weight is 428 g/mol. The van der Waals surface area contributed by atoms with Gasteiger partial charge in [0.25, 0.3) is 6.43 Å². The van der Waals surface area contributed by atoms with E-state index in [9.17, 15) is 8.78 Å². The fourth-order valence-corrected chi connectivity index (χ4v) is 4.31. The van der Waals surface area contributed by atoms with Crippen LogP contribution in [0.25, 0.3) is 0 Å². The van der Waals surface area contributed by atoms with Gasteiger partial charge < -0.3 is 26.0 Å². The molecule has 1 saturated carbocycles. The Labute approximate surface area is 176 Å². The lowest BCUT2D eigenvalue weighted by molar-refractivity contribution is 0.0767. The molecule has 3 unspecified atom stereocenters. The number of aliphatic imine (C=N–C) groups is 1. The molecule has 0 bridgehead atoms. The minimum Gasteiger partial charge on any atom is -0.495 e. The van der Waals surface area contributed by atoms with Crippen molar-refractivity contribution >= 4 is 18.0 Å². The van der Waals surface area contributed by atoms with E-state index in [-0.39, 0.29) is 5.37 Å². The van der Waals surface area contributed by atoms with Crippen LogP contribution in [-0.2, 0) is 4.74 Å². The molecular formula is C20H31F2N5OS. The van der Waals surface area contributed by atoms with Gasteiger partial charge in [-0.05, 0) is 38.0 Å². The topological polar surface area (TPSA) is 74.9 Å². The Morgan fingerprint density at radius 1 is 1.48 bits per heavy atom. The van der Waals surface area contributed by atoms with Crippen LogP contribution in [0.3, 0.4) is 0 Å². The van der Waals surface area contributed by atoms with Crippen molar-refractivity contribution in [2.24, 2.45) is 16.6 Å². The number of alkyl halides is 2. The smallest absolute Gasteiger partial charge is 0.262 e. The largest absolute Gasteiger partial charge is 0.495 e. The molecule has 2 aliphatic rings. The highest BCUT2D eigenvalue weighted by molar-refractivity contribution is 8.00. The normalized spacial score (nSPS) is 22.8. The number of nitrogens with one attached hydrogen (secondary N) is 2. The number of hydrogen-bond acceptors (Lipinski definition) is 7. The summed E-state index contributed by atoms with van der Waals surface area (Å²) in [6, 6.07) is -1.07. The van der Waals surface area contributed by atoms with Gasteiger partial charge in [-0.25, -0.2) is 8.78 Å². The molecule has 0 spiro atoms. The maximum Gasteiger partial charge on any atom is 0.262 e. The zero-order chi connectivity index (χ0) is 21.6. The van der Waals surface area contributed by atoms with Gasteiger partial charge in [0, 0.05) is 43.4 Å². The van der Waals surface area contributed by atoms with Gasteiger partial charge in [0.15, 0.2) is 0 Å². The second kappa shape index (κ2) is 10.8. The van der Waals surface area contributed by atoms with E-state index < -0.39 is 18.0 Å². The van der Waals surface area contributed by atoms with E-state index in [4.69, 9.17) is 10.5 Å². The van der Waals surface area contributed by atoms with Gasteiger partial charge in [-0.2, -0.15) is 0 Å². The van der Waals surface area contributed by atoms with E-state index in [2.05, 4.69) is 22.2 Å². The fourth-order valence-electron chi connectivity index (χ4n) is 3.17. The molecule has 0 amide bonds. The van der Waals surface area contributed by atoms with E-state index in [1.54, 1.807) is 44.3 Å². The number of halogens is 2. The summed E-state index contributed by atoms with van der Waals surface area (Å²) in [6.07, 6.45) is 6.12. The lowest BCUT2D eigenvalue weighted by atomic mass is 9.97. The van der Waals surface area contributed by atoms with Crippen molar-refractivity contribution in [3.63, 3.8) is 0 Å². The van der Waals surface area contributed by atoms with Gasteiger partial charge >= 0.3 is 0 Å². The first-order valence-corrected chi connectivity index (χ1v) is 10.4. The highest BCUT2D eigenvalue weighted by Gasteiger charge is 2.32. The second-order valence-electron chi connectivity index (χ2n) is 6.93. The third kappa shape index (κ3) is 6.07. The quantitative estimate of drug-likeness (QED) is 0.267. The first kappa shape index (κ1) is 23.4. The number of nitrogens with zero attached hydrogens (tertiary/aromatic N) is 2.